The molecule has 0 spiro atoms. The van der Waals surface area contributed by atoms with E-state index in [1.165, 1.54) is 17.3 Å². The molecule has 0 bridgehead atoms. The van der Waals surface area contributed by atoms with Crippen LogP contribution < -0.4 is 10.6 Å². The van der Waals surface area contributed by atoms with Crippen molar-refractivity contribution >= 4 is 23.6 Å². The molecule has 2 N–H and O–H groups in total. The first-order valence-electron chi connectivity index (χ1n) is 11.0. The van der Waals surface area contributed by atoms with E-state index in [-0.39, 0.29) is 17.6 Å². The summed E-state index contributed by atoms with van der Waals surface area (Å²) in [6.07, 6.45) is 4.29. The normalized spacial score (nSPS) is 10.7. The molecular weight excluding hydrogens is 448 g/mol. The zero-order chi connectivity index (χ0) is 23.8. The predicted molar refractivity (Wildman–Crippen MR) is 132 cm³/mol. The second kappa shape index (κ2) is 11.4. The number of amides is 2. The highest BCUT2D eigenvalue weighted by molar-refractivity contribution is 7.99. The fourth-order valence-corrected chi connectivity index (χ4v) is 4.21. The fraction of sp³-hybridized carbons (Fsp3) is 0.192. The summed E-state index contributed by atoms with van der Waals surface area (Å²) >= 11 is 1.35. The first kappa shape index (κ1) is 23.4. The fourth-order valence-electron chi connectivity index (χ4n) is 3.41. The van der Waals surface area contributed by atoms with Gasteiger partial charge in [0, 0.05) is 30.2 Å². The molecule has 0 fully saturated rings. The average molecular weight is 475 g/mol. The van der Waals surface area contributed by atoms with Crippen LogP contribution in [0.4, 0.5) is 0 Å². The average Bonchev–Trinajstić information content (AvgIpc) is 3.50. The summed E-state index contributed by atoms with van der Waals surface area (Å²) in [6, 6.07) is 21.0. The van der Waals surface area contributed by atoms with Gasteiger partial charge in [-0.25, -0.2) is 4.98 Å². The lowest BCUT2D eigenvalue weighted by atomic mass is 10.1. The Balaban J connectivity index is 1.31. The van der Waals surface area contributed by atoms with E-state index in [0.717, 1.165) is 17.9 Å². The van der Waals surface area contributed by atoms with Crippen LogP contribution in [0.3, 0.4) is 0 Å². The molecule has 0 saturated carbocycles. The van der Waals surface area contributed by atoms with E-state index in [4.69, 9.17) is 4.42 Å². The standard InChI is InChI=1S/C26H26N4O3S/c1-19-10-11-23(33-19)17-29-25(32)21-8-5-9-22(16-21)30-15-14-28-26(30)34-18-24(31)27-13-12-20-6-3-2-4-7-20/h2-11,14-16H,12-13,17-18H2,1H3,(H,27,31)(H,29,32). The van der Waals surface area contributed by atoms with Crippen molar-refractivity contribution in [2.45, 2.75) is 25.0 Å². The van der Waals surface area contributed by atoms with Crippen molar-refractivity contribution in [1.82, 2.24) is 20.2 Å². The molecular formula is C26H26N4O3S. The summed E-state index contributed by atoms with van der Waals surface area (Å²) in [4.78, 5) is 29.3. The molecule has 0 aliphatic carbocycles. The molecule has 0 saturated heterocycles. The Bertz CT molecular complexity index is 1250. The molecule has 8 heteroatoms. The number of aryl methyl sites for hydroxylation is 1. The van der Waals surface area contributed by atoms with Crippen LogP contribution in [-0.2, 0) is 17.8 Å². The lowest BCUT2D eigenvalue weighted by Gasteiger charge is -2.10. The maximum absolute atomic E-state index is 12.6. The van der Waals surface area contributed by atoms with E-state index in [9.17, 15) is 9.59 Å². The van der Waals surface area contributed by atoms with E-state index in [0.29, 0.717) is 29.6 Å². The van der Waals surface area contributed by atoms with Gasteiger partial charge in [0.25, 0.3) is 5.91 Å². The van der Waals surface area contributed by atoms with Crippen LogP contribution in [0.2, 0.25) is 0 Å². The van der Waals surface area contributed by atoms with E-state index in [1.54, 1.807) is 18.3 Å². The van der Waals surface area contributed by atoms with Crippen molar-refractivity contribution in [1.29, 1.82) is 0 Å². The molecule has 2 heterocycles. The van der Waals surface area contributed by atoms with Gasteiger partial charge in [0.05, 0.1) is 12.3 Å². The minimum Gasteiger partial charge on any atom is -0.465 e. The van der Waals surface area contributed by atoms with Crippen LogP contribution in [0.5, 0.6) is 0 Å². The number of nitrogens with one attached hydrogen (secondary N) is 2. The first-order chi connectivity index (χ1) is 16.6. The Morgan fingerprint density at radius 1 is 1.03 bits per heavy atom. The summed E-state index contributed by atoms with van der Waals surface area (Å²) in [5.41, 5.74) is 2.52. The molecule has 0 radical (unpaired) electrons. The monoisotopic (exact) mass is 474 g/mol. The Kier molecular flexibility index (Phi) is 7.83. The van der Waals surface area contributed by atoms with Crippen molar-refractivity contribution in [3.05, 3.63) is 102 Å². The minimum atomic E-state index is -0.192. The van der Waals surface area contributed by atoms with Crippen LogP contribution in [-0.4, -0.2) is 33.7 Å². The first-order valence-corrected chi connectivity index (χ1v) is 12.0. The molecule has 0 aliphatic rings. The minimum absolute atomic E-state index is 0.0447. The Labute approximate surface area is 202 Å². The quantitative estimate of drug-likeness (QED) is 0.337. The summed E-state index contributed by atoms with van der Waals surface area (Å²) in [5.74, 6) is 1.53. The number of hydrogen-bond donors (Lipinski definition) is 2. The number of nitrogens with zero attached hydrogens (tertiary/aromatic N) is 2. The molecule has 174 valence electrons. The Hall–Kier alpha value is -3.78. The number of carbonyl (C=O) groups excluding carboxylic acids is 2. The van der Waals surface area contributed by atoms with Gasteiger partial charge in [-0.3, -0.25) is 14.2 Å². The third-order valence-electron chi connectivity index (χ3n) is 5.12. The maximum Gasteiger partial charge on any atom is 0.251 e. The third kappa shape index (κ3) is 6.39. The van der Waals surface area contributed by atoms with Crippen LogP contribution in [0.25, 0.3) is 5.69 Å². The van der Waals surface area contributed by atoms with E-state index >= 15 is 0 Å². The van der Waals surface area contributed by atoms with Gasteiger partial charge in [-0.2, -0.15) is 0 Å². The zero-order valence-corrected chi connectivity index (χ0v) is 19.7. The number of hydrogen-bond acceptors (Lipinski definition) is 5. The number of benzene rings is 2. The summed E-state index contributed by atoms with van der Waals surface area (Å²) in [6.45, 7) is 2.78. The topological polar surface area (TPSA) is 89.2 Å². The number of aromatic nitrogens is 2. The molecule has 2 aromatic heterocycles. The van der Waals surface area contributed by atoms with E-state index in [2.05, 4.69) is 15.6 Å². The van der Waals surface area contributed by atoms with Crippen LogP contribution in [0.15, 0.2) is 88.7 Å². The molecule has 4 rings (SSSR count). The van der Waals surface area contributed by atoms with E-state index in [1.807, 2.05) is 72.3 Å². The van der Waals surface area contributed by atoms with Crippen molar-refractivity contribution in [2.24, 2.45) is 0 Å². The number of thioether (sulfide) groups is 1. The van der Waals surface area contributed by atoms with Gasteiger partial charge in [0.15, 0.2) is 5.16 Å². The highest BCUT2D eigenvalue weighted by Crippen LogP contribution is 2.21. The van der Waals surface area contributed by atoms with Gasteiger partial charge >= 0.3 is 0 Å². The van der Waals surface area contributed by atoms with Crippen LogP contribution in [0.1, 0.15) is 27.4 Å². The predicted octanol–water partition coefficient (Wildman–Crippen LogP) is 4.15. The molecule has 0 unspecified atom stereocenters. The highest BCUT2D eigenvalue weighted by Gasteiger charge is 2.12. The molecule has 4 aromatic rings. The van der Waals surface area contributed by atoms with Crippen molar-refractivity contribution in [3.63, 3.8) is 0 Å². The maximum atomic E-state index is 12.6. The Morgan fingerprint density at radius 2 is 1.88 bits per heavy atom. The molecule has 2 aromatic carbocycles. The lowest BCUT2D eigenvalue weighted by Crippen LogP contribution is -2.27. The molecule has 34 heavy (non-hydrogen) atoms. The van der Waals surface area contributed by atoms with Gasteiger partial charge in [0.2, 0.25) is 5.91 Å². The largest absolute Gasteiger partial charge is 0.465 e. The number of carbonyl (C=O) groups is 2. The number of imidazole rings is 1. The summed E-state index contributed by atoms with van der Waals surface area (Å²) in [7, 11) is 0. The highest BCUT2D eigenvalue weighted by atomic mass is 32.2. The number of furan rings is 1. The van der Waals surface area contributed by atoms with Crippen molar-refractivity contribution in [2.75, 3.05) is 12.3 Å². The van der Waals surface area contributed by atoms with Gasteiger partial charge < -0.3 is 15.1 Å². The zero-order valence-electron chi connectivity index (χ0n) is 18.9. The second-order valence-electron chi connectivity index (χ2n) is 7.70. The molecule has 0 atom stereocenters. The third-order valence-corrected chi connectivity index (χ3v) is 6.09. The van der Waals surface area contributed by atoms with Crippen LogP contribution >= 0.6 is 11.8 Å². The van der Waals surface area contributed by atoms with Gasteiger partial charge in [-0.15, -0.1) is 0 Å². The lowest BCUT2D eigenvalue weighted by molar-refractivity contribution is -0.118. The van der Waals surface area contributed by atoms with Crippen molar-refractivity contribution in [3.8, 4) is 5.69 Å². The second-order valence-corrected chi connectivity index (χ2v) is 8.64. The van der Waals surface area contributed by atoms with Gasteiger partial charge in [-0.05, 0) is 49.2 Å². The van der Waals surface area contributed by atoms with Crippen LogP contribution in [0, 0.1) is 6.92 Å². The van der Waals surface area contributed by atoms with Gasteiger partial charge in [0.1, 0.15) is 11.5 Å². The van der Waals surface area contributed by atoms with Gasteiger partial charge in [-0.1, -0.05) is 48.2 Å². The molecule has 0 aliphatic heterocycles. The number of rotatable bonds is 10. The Morgan fingerprint density at radius 3 is 2.68 bits per heavy atom. The van der Waals surface area contributed by atoms with E-state index < -0.39 is 0 Å². The molecule has 2 amide bonds. The smallest absolute Gasteiger partial charge is 0.251 e. The summed E-state index contributed by atoms with van der Waals surface area (Å²) < 4.78 is 7.37. The SMILES string of the molecule is Cc1ccc(CNC(=O)c2cccc(-n3ccnc3SCC(=O)NCCc3ccccc3)c2)o1. The summed E-state index contributed by atoms with van der Waals surface area (Å²) in [5, 5.41) is 6.50. The van der Waals surface area contributed by atoms with Crippen molar-refractivity contribution < 1.29 is 14.0 Å². The molecule has 7 nitrogen and oxygen atoms in total.